The van der Waals surface area contributed by atoms with Gasteiger partial charge in [0.2, 0.25) is 15.8 Å². The molecule has 3 aromatic rings. The van der Waals surface area contributed by atoms with Crippen LogP contribution in [0.3, 0.4) is 0 Å². The number of ether oxygens (including phenoxy) is 1. The zero-order valence-corrected chi connectivity index (χ0v) is 18.2. The van der Waals surface area contributed by atoms with Gasteiger partial charge in [0.1, 0.15) is 10.6 Å². The molecule has 150 valence electrons. The molecule has 0 bridgehead atoms. The third kappa shape index (κ3) is 4.57. The molecule has 0 unspecified atom stereocenters. The van der Waals surface area contributed by atoms with E-state index in [4.69, 9.17) is 16.3 Å². The summed E-state index contributed by atoms with van der Waals surface area (Å²) in [7, 11) is -1.64. The second-order valence-electron chi connectivity index (χ2n) is 6.50. The highest BCUT2D eigenvalue weighted by Gasteiger charge is 2.18. The number of halogens is 1. The summed E-state index contributed by atoms with van der Waals surface area (Å²) in [4.78, 5) is 14.5. The molecule has 0 radical (unpaired) electrons. The van der Waals surface area contributed by atoms with Gasteiger partial charge in [-0.2, -0.15) is 0 Å². The van der Waals surface area contributed by atoms with Crippen LogP contribution in [0.15, 0.2) is 30.3 Å². The molecule has 9 heteroatoms. The van der Waals surface area contributed by atoms with Gasteiger partial charge >= 0.3 is 0 Å². The van der Waals surface area contributed by atoms with Crippen LogP contribution in [0.2, 0.25) is 5.02 Å². The molecule has 28 heavy (non-hydrogen) atoms. The van der Waals surface area contributed by atoms with Crippen LogP contribution in [0.1, 0.15) is 27.3 Å². The number of methoxy groups -OCH3 is 1. The van der Waals surface area contributed by atoms with Crippen LogP contribution >= 0.6 is 22.9 Å². The molecule has 1 aromatic carbocycles. The number of thiophene rings is 1. The first-order valence-corrected chi connectivity index (χ1v) is 11.7. The maximum absolute atomic E-state index is 12.9. The third-order valence-corrected chi connectivity index (χ3v) is 6.56. The molecule has 3 rings (SSSR count). The number of benzene rings is 1. The van der Waals surface area contributed by atoms with E-state index in [0.717, 1.165) is 22.2 Å². The van der Waals surface area contributed by atoms with Gasteiger partial charge in [0.25, 0.3) is 0 Å². The van der Waals surface area contributed by atoms with Gasteiger partial charge < -0.3 is 9.30 Å². The molecule has 2 aromatic heterocycles. The van der Waals surface area contributed by atoms with Crippen LogP contribution in [0.5, 0.6) is 5.75 Å². The van der Waals surface area contributed by atoms with Crippen molar-refractivity contribution in [3.8, 4) is 5.75 Å². The lowest BCUT2D eigenvalue weighted by atomic mass is 10.1. The van der Waals surface area contributed by atoms with Crippen molar-refractivity contribution in [2.24, 2.45) is 0 Å². The molecule has 0 saturated heterocycles. The Morgan fingerprint density at radius 2 is 2.04 bits per heavy atom. The van der Waals surface area contributed by atoms with Gasteiger partial charge in [-0.15, -0.1) is 11.3 Å². The summed E-state index contributed by atoms with van der Waals surface area (Å²) in [5.74, 6) is 0.472. The van der Waals surface area contributed by atoms with Crippen molar-refractivity contribution in [3.05, 3.63) is 51.5 Å². The van der Waals surface area contributed by atoms with Gasteiger partial charge in [-0.05, 0) is 43.7 Å². The molecule has 2 heterocycles. The second-order valence-corrected chi connectivity index (χ2v) is 9.77. The highest BCUT2D eigenvalue weighted by molar-refractivity contribution is 7.88. The maximum atomic E-state index is 12.9. The molecule has 0 aliphatic heterocycles. The first-order valence-electron chi connectivity index (χ1n) is 8.62. The minimum Gasteiger partial charge on any atom is -0.497 e. The lowest BCUT2D eigenvalue weighted by Crippen LogP contribution is -2.23. The predicted molar refractivity (Wildman–Crippen MR) is 113 cm³/mol. The highest BCUT2D eigenvalue weighted by Crippen LogP contribution is 2.32. The monoisotopic (exact) mass is 440 g/mol. The second kappa shape index (κ2) is 8.24. The first kappa shape index (κ1) is 20.9. The average molecular weight is 441 g/mol. The highest BCUT2D eigenvalue weighted by atomic mass is 35.5. The molecular weight excluding hydrogens is 420 g/mol. The van der Waals surface area contributed by atoms with Crippen LogP contribution in [0.25, 0.3) is 10.2 Å². The molecule has 0 spiro atoms. The number of rotatable bonds is 8. The van der Waals surface area contributed by atoms with Gasteiger partial charge in [-0.25, -0.2) is 13.1 Å². The fourth-order valence-corrected chi connectivity index (χ4v) is 4.95. The fraction of sp³-hybridized carbons (Fsp3) is 0.316. The normalized spacial score (nSPS) is 11.9. The summed E-state index contributed by atoms with van der Waals surface area (Å²) in [6, 6.07) is 8.92. The van der Waals surface area contributed by atoms with E-state index in [1.165, 1.54) is 11.3 Å². The number of aryl methyl sites for hydroxylation is 2. The number of fused-ring (bicyclic) bond motifs is 1. The smallest absolute Gasteiger partial charge is 0.208 e. The lowest BCUT2D eigenvalue weighted by Gasteiger charge is -2.08. The Morgan fingerprint density at radius 1 is 1.29 bits per heavy atom. The van der Waals surface area contributed by atoms with Crippen LogP contribution in [0.4, 0.5) is 0 Å². The summed E-state index contributed by atoms with van der Waals surface area (Å²) >= 11 is 7.66. The van der Waals surface area contributed by atoms with Crippen LogP contribution in [-0.4, -0.2) is 38.7 Å². The molecule has 0 aliphatic rings. The van der Waals surface area contributed by atoms with Crippen molar-refractivity contribution in [3.63, 3.8) is 0 Å². The fourth-order valence-electron chi connectivity index (χ4n) is 3.00. The van der Waals surface area contributed by atoms with Crippen molar-refractivity contribution in [1.82, 2.24) is 9.29 Å². The molecule has 0 fully saturated rings. The lowest BCUT2D eigenvalue weighted by molar-refractivity contribution is 0.104. The minimum atomic E-state index is -3.19. The average Bonchev–Trinajstić information content (AvgIpc) is 3.15. The number of carbonyl (C=O) groups is 1. The number of nitrogens with one attached hydrogen (secondary N) is 1. The zero-order chi connectivity index (χ0) is 20.5. The Kier molecular flexibility index (Phi) is 6.14. The van der Waals surface area contributed by atoms with Gasteiger partial charge in [-0.3, -0.25) is 4.79 Å². The molecule has 1 N–H and O–H groups in total. The van der Waals surface area contributed by atoms with Crippen molar-refractivity contribution in [2.45, 2.75) is 19.9 Å². The maximum Gasteiger partial charge on any atom is 0.208 e. The number of aromatic nitrogens is 1. The van der Waals surface area contributed by atoms with Crippen LogP contribution < -0.4 is 9.46 Å². The van der Waals surface area contributed by atoms with Crippen LogP contribution in [0, 0.1) is 6.92 Å². The Labute approximate surface area is 173 Å². The number of nitrogens with zero attached hydrogens (tertiary/aromatic N) is 1. The molecular formula is C19H21ClN2O4S2. The number of hydrogen-bond acceptors (Lipinski definition) is 5. The summed E-state index contributed by atoms with van der Waals surface area (Å²) in [5.41, 5.74) is 1.51. The SMILES string of the molecule is COc1ccc(C(=O)c2cc3cc(C)n(CCCNS(C)(=O)=O)c3s2)c(Cl)c1. The van der Waals surface area contributed by atoms with Crippen molar-refractivity contribution in [1.29, 1.82) is 0 Å². The standard InChI is InChI=1S/C19H21ClN2O4S2/c1-12-9-13-10-17(18(23)15-6-5-14(26-2)11-16(15)20)27-19(13)22(12)8-4-7-21-28(3,24)25/h5-6,9-11,21H,4,7-8H2,1-3H3. The minimum absolute atomic E-state index is 0.128. The Balaban J connectivity index is 1.82. The van der Waals surface area contributed by atoms with E-state index in [-0.39, 0.29) is 5.78 Å². The largest absolute Gasteiger partial charge is 0.497 e. The van der Waals surface area contributed by atoms with E-state index >= 15 is 0 Å². The van der Waals surface area contributed by atoms with Gasteiger partial charge in [-0.1, -0.05) is 11.6 Å². The van der Waals surface area contributed by atoms with Crippen molar-refractivity contribution >= 4 is 49.0 Å². The number of carbonyl (C=O) groups excluding carboxylic acids is 1. The topological polar surface area (TPSA) is 77.4 Å². The number of ketones is 1. The number of sulfonamides is 1. The van der Waals surface area contributed by atoms with Crippen molar-refractivity contribution < 1.29 is 17.9 Å². The van der Waals surface area contributed by atoms with Crippen LogP contribution in [-0.2, 0) is 16.6 Å². The van der Waals surface area contributed by atoms with Gasteiger partial charge in [0.15, 0.2) is 0 Å². The van der Waals surface area contributed by atoms with E-state index in [1.807, 2.05) is 19.1 Å². The molecule has 6 nitrogen and oxygen atoms in total. The first-order chi connectivity index (χ1) is 13.2. The molecule has 0 amide bonds. The Morgan fingerprint density at radius 3 is 2.68 bits per heavy atom. The summed E-state index contributed by atoms with van der Waals surface area (Å²) in [6.07, 6.45) is 1.80. The van der Waals surface area contributed by atoms with E-state index in [9.17, 15) is 13.2 Å². The quantitative estimate of drug-likeness (QED) is 0.426. The van der Waals surface area contributed by atoms with E-state index < -0.39 is 10.0 Å². The summed E-state index contributed by atoms with van der Waals surface area (Å²) in [6.45, 7) is 3.03. The summed E-state index contributed by atoms with van der Waals surface area (Å²) < 4.78 is 32.1. The van der Waals surface area contributed by atoms with Gasteiger partial charge in [0, 0.05) is 29.7 Å². The molecule has 0 aliphatic carbocycles. The van der Waals surface area contributed by atoms with E-state index in [1.54, 1.807) is 25.3 Å². The predicted octanol–water partition coefficient (Wildman–Crippen LogP) is 3.84. The molecule has 0 saturated carbocycles. The van der Waals surface area contributed by atoms with E-state index in [2.05, 4.69) is 9.29 Å². The number of hydrogen-bond donors (Lipinski definition) is 1. The Hall–Kier alpha value is -1.87. The zero-order valence-electron chi connectivity index (χ0n) is 15.8. The summed E-state index contributed by atoms with van der Waals surface area (Å²) in [5, 5.41) is 1.35. The van der Waals surface area contributed by atoms with Gasteiger partial charge in [0.05, 0.1) is 23.3 Å². The Bertz CT molecular complexity index is 1130. The third-order valence-electron chi connectivity index (χ3n) is 4.34. The molecule has 0 atom stereocenters. The van der Waals surface area contributed by atoms with Crippen molar-refractivity contribution in [2.75, 3.05) is 19.9 Å². The van der Waals surface area contributed by atoms with E-state index in [0.29, 0.717) is 40.7 Å².